The molecule has 2 saturated heterocycles. The van der Waals surface area contributed by atoms with Crippen molar-refractivity contribution in [3.8, 4) is 0 Å². The molecule has 2 aliphatic heterocycles. The molecule has 2 atom stereocenters. The Balaban J connectivity index is 1.91. The van der Waals surface area contributed by atoms with Crippen LogP contribution in [0.1, 0.15) is 101 Å². The first-order valence-corrected chi connectivity index (χ1v) is 12.7. The van der Waals surface area contributed by atoms with Crippen LogP contribution in [0.2, 0.25) is 0 Å². The number of piperidine rings is 2. The van der Waals surface area contributed by atoms with Gasteiger partial charge in [-0.25, -0.2) is 0 Å². The zero-order valence-corrected chi connectivity index (χ0v) is 23.4. The standard InChI is InChI=1S/C27H50N2O4/c1-18(22(30)32-20-14-24(3,4)28(11)25(5,6)15-20)13-19(2)23(31)33-21-16-26(7,8)29(12)27(9,10)17-21/h18-21H,13-17H2,1-12H3. The van der Waals surface area contributed by atoms with Gasteiger partial charge in [-0.15, -0.1) is 0 Å². The number of esters is 2. The Morgan fingerprint density at radius 2 is 0.909 bits per heavy atom. The Labute approximate surface area is 202 Å². The van der Waals surface area contributed by atoms with Crippen LogP contribution in [0.3, 0.4) is 0 Å². The first-order chi connectivity index (χ1) is 14.8. The summed E-state index contributed by atoms with van der Waals surface area (Å²) in [7, 11) is 4.28. The van der Waals surface area contributed by atoms with E-state index >= 15 is 0 Å². The summed E-state index contributed by atoms with van der Waals surface area (Å²) in [6.07, 6.45) is 3.47. The van der Waals surface area contributed by atoms with E-state index in [2.05, 4.69) is 79.3 Å². The van der Waals surface area contributed by atoms with E-state index in [0.717, 1.165) is 25.7 Å². The second kappa shape index (κ2) is 9.49. The Kier molecular flexibility index (Phi) is 8.08. The smallest absolute Gasteiger partial charge is 0.308 e. The molecule has 2 rings (SSSR count). The summed E-state index contributed by atoms with van der Waals surface area (Å²) in [4.78, 5) is 30.5. The highest BCUT2D eigenvalue weighted by Crippen LogP contribution is 2.39. The fourth-order valence-electron chi connectivity index (χ4n) is 6.01. The van der Waals surface area contributed by atoms with E-state index in [0.29, 0.717) is 6.42 Å². The van der Waals surface area contributed by atoms with Gasteiger partial charge < -0.3 is 9.47 Å². The zero-order chi connectivity index (χ0) is 25.6. The van der Waals surface area contributed by atoms with Gasteiger partial charge in [-0.3, -0.25) is 19.4 Å². The molecule has 0 aliphatic carbocycles. The van der Waals surface area contributed by atoms with Crippen LogP contribution in [0.5, 0.6) is 0 Å². The average Bonchev–Trinajstić information content (AvgIpc) is 2.62. The third-order valence-corrected chi connectivity index (χ3v) is 8.62. The number of likely N-dealkylation sites (tertiary alicyclic amines) is 2. The molecule has 0 radical (unpaired) electrons. The van der Waals surface area contributed by atoms with E-state index in [1.165, 1.54) is 0 Å². The van der Waals surface area contributed by atoms with E-state index < -0.39 is 0 Å². The number of nitrogens with zero attached hydrogens (tertiary/aromatic N) is 2. The van der Waals surface area contributed by atoms with Crippen molar-refractivity contribution in [3.05, 3.63) is 0 Å². The van der Waals surface area contributed by atoms with Crippen LogP contribution in [0.25, 0.3) is 0 Å². The molecule has 0 N–H and O–H groups in total. The van der Waals surface area contributed by atoms with Crippen LogP contribution in [0.4, 0.5) is 0 Å². The molecule has 2 aliphatic rings. The van der Waals surface area contributed by atoms with Crippen molar-refractivity contribution >= 4 is 11.9 Å². The van der Waals surface area contributed by atoms with Crippen LogP contribution in [0, 0.1) is 11.8 Å². The first-order valence-electron chi connectivity index (χ1n) is 12.7. The highest BCUT2D eigenvalue weighted by molar-refractivity contribution is 5.75. The SMILES string of the molecule is CC(CC(C)C(=O)OC1CC(C)(C)N(C)C(C)(C)C1)C(=O)OC1CC(C)(C)N(C)C(C)(C)C1. The molecular formula is C27H50N2O4. The maximum Gasteiger partial charge on any atom is 0.308 e. The van der Waals surface area contributed by atoms with Gasteiger partial charge in [-0.05, 0) is 75.9 Å². The maximum absolute atomic E-state index is 12.9. The molecule has 2 fully saturated rings. The van der Waals surface area contributed by atoms with Crippen LogP contribution in [-0.4, -0.2) is 70.2 Å². The monoisotopic (exact) mass is 466 g/mol. The summed E-state index contributed by atoms with van der Waals surface area (Å²) in [5, 5.41) is 0. The lowest BCUT2D eigenvalue weighted by atomic mass is 9.78. The summed E-state index contributed by atoms with van der Waals surface area (Å²) < 4.78 is 11.9. The zero-order valence-electron chi connectivity index (χ0n) is 23.4. The number of ether oxygens (including phenoxy) is 2. The van der Waals surface area contributed by atoms with E-state index in [4.69, 9.17) is 9.47 Å². The molecule has 0 spiro atoms. The highest BCUT2D eigenvalue weighted by atomic mass is 16.5. The van der Waals surface area contributed by atoms with E-state index in [9.17, 15) is 9.59 Å². The van der Waals surface area contributed by atoms with Crippen molar-refractivity contribution in [2.24, 2.45) is 11.8 Å². The minimum absolute atomic E-state index is 0.0390. The van der Waals surface area contributed by atoms with Crippen molar-refractivity contribution < 1.29 is 19.1 Å². The molecule has 2 unspecified atom stereocenters. The minimum Gasteiger partial charge on any atom is -0.462 e. The fourth-order valence-corrected chi connectivity index (χ4v) is 6.01. The minimum atomic E-state index is -0.344. The number of hydrogen-bond donors (Lipinski definition) is 0. The van der Waals surface area contributed by atoms with E-state index in [-0.39, 0.29) is 58.1 Å². The predicted molar refractivity (Wildman–Crippen MR) is 133 cm³/mol. The molecule has 0 aromatic carbocycles. The molecule has 0 aromatic rings. The molecule has 0 amide bonds. The molecule has 6 heteroatoms. The Morgan fingerprint density at radius 1 is 0.667 bits per heavy atom. The van der Waals surface area contributed by atoms with Crippen LogP contribution in [0.15, 0.2) is 0 Å². The van der Waals surface area contributed by atoms with Crippen molar-refractivity contribution in [1.29, 1.82) is 0 Å². The third kappa shape index (κ3) is 6.50. The second-order valence-corrected chi connectivity index (χ2v) is 13.3. The molecule has 0 saturated carbocycles. The van der Waals surface area contributed by atoms with Gasteiger partial charge in [-0.1, -0.05) is 13.8 Å². The number of rotatable bonds is 6. The van der Waals surface area contributed by atoms with Gasteiger partial charge in [0.2, 0.25) is 0 Å². The molecule has 6 nitrogen and oxygen atoms in total. The quantitative estimate of drug-likeness (QED) is 0.511. The van der Waals surface area contributed by atoms with E-state index in [1.54, 1.807) is 0 Å². The predicted octanol–water partition coefficient (Wildman–Crippen LogP) is 5.04. The summed E-state index contributed by atoms with van der Waals surface area (Å²) >= 11 is 0. The number of hydrogen-bond acceptors (Lipinski definition) is 6. The van der Waals surface area contributed by atoms with Gasteiger partial charge >= 0.3 is 11.9 Å². The molecule has 192 valence electrons. The van der Waals surface area contributed by atoms with Crippen LogP contribution in [-0.2, 0) is 19.1 Å². The summed E-state index contributed by atoms with van der Waals surface area (Å²) in [6, 6.07) is 0. The third-order valence-electron chi connectivity index (χ3n) is 8.62. The van der Waals surface area contributed by atoms with Crippen molar-refractivity contribution in [1.82, 2.24) is 9.80 Å². The second-order valence-electron chi connectivity index (χ2n) is 13.3. The van der Waals surface area contributed by atoms with Gasteiger partial charge in [0, 0.05) is 47.8 Å². The van der Waals surface area contributed by atoms with Crippen molar-refractivity contribution in [2.45, 2.75) is 136 Å². The number of carbonyl (C=O) groups is 2. The molecular weight excluding hydrogens is 416 g/mol. The molecule has 2 heterocycles. The summed E-state index contributed by atoms with van der Waals surface area (Å²) in [5.41, 5.74) is -0.156. The van der Waals surface area contributed by atoms with Gasteiger partial charge in [0.1, 0.15) is 12.2 Å². The lowest BCUT2D eigenvalue weighted by Crippen LogP contribution is -2.60. The molecule has 0 aromatic heterocycles. The van der Waals surface area contributed by atoms with Crippen molar-refractivity contribution in [3.63, 3.8) is 0 Å². The Hall–Kier alpha value is -1.14. The van der Waals surface area contributed by atoms with E-state index in [1.807, 2.05) is 13.8 Å². The van der Waals surface area contributed by atoms with Gasteiger partial charge in [-0.2, -0.15) is 0 Å². The van der Waals surface area contributed by atoms with Crippen LogP contribution >= 0.6 is 0 Å². The maximum atomic E-state index is 12.9. The summed E-state index contributed by atoms with van der Waals surface area (Å²) in [5.74, 6) is -1.11. The lowest BCUT2D eigenvalue weighted by molar-refractivity contribution is -0.166. The first kappa shape index (κ1) is 28.1. The molecule has 0 bridgehead atoms. The lowest BCUT2D eigenvalue weighted by Gasteiger charge is -2.53. The normalized spacial score (nSPS) is 27.5. The topological polar surface area (TPSA) is 59.1 Å². The van der Waals surface area contributed by atoms with Crippen molar-refractivity contribution in [2.75, 3.05) is 14.1 Å². The van der Waals surface area contributed by atoms with Gasteiger partial charge in [0.05, 0.1) is 11.8 Å². The largest absolute Gasteiger partial charge is 0.462 e. The Bertz CT molecular complexity index is 632. The summed E-state index contributed by atoms with van der Waals surface area (Å²) in [6.45, 7) is 21.3. The fraction of sp³-hybridized carbons (Fsp3) is 0.926. The highest BCUT2D eigenvalue weighted by Gasteiger charge is 2.46. The average molecular weight is 467 g/mol. The molecule has 33 heavy (non-hydrogen) atoms. The van der Waals surface area contributed by atoms with Gasteiger partial charge in [0.15, 0.2) is 0 Å². The number of carbonyl (C=O) groups excluding carboxylic acids is 2. The Morgan fingerprint density at radius 3 is 1.15 bits per heavy atom. The van der Waals surface area contributed by atoms with Gasteiger partial charge in [0.25, 0.3) is 0 Å². The van der Waals surface area contributed by atoms with Crippen LogP contribution < -0.4 is 0 Å².